The fourth-order valence-electron chi connectivity index (χ4n) is 3.50. The second-order valence-corrected chi connectivity index (χ2v) is 10.4. The zero-order valence-corrected chi connectivity index (χ0v) is 17.8. The van der Waals surface area contributed by atoms with Crippen LogP contribution in [0.3, 0.4) is 0 Å². The van der Waals surface area contributed by atoms with E-state index in [-0.39, 0.29) is 6.10 Å². The molecule has 0 amide bonds. The highest BCUT2D eigenvalue weighted by atomic mass is 31.2. The summed E-state index contributed by atoms with van der Waals surface area (Å²) in [6.45, 7) is 6.74. The van der Waals surface area contributed by atoms with Crippen LogP contribution in [0.15, 0.2) is 47.0 Å². The van der Waals surface area contributed by atoms with E-state index < -0.39 is 7.41 Å². The Morgan fingerprint density at radius 3 is 2.62 bits per heavy atom. The topological polar surface area (TPSA) is 77.4 Å². The first-order chi connectivity index (χ1) is 14.0. The van der Waals surface area contributed by atoms with Crippen LogP contribution >= 0.6 is 7.41 Å². The van der Waals surface area contributed by atoms with Gasteiger partial charge in [-0.3, -0.25) is 4.99 Å². The molecule has 2 aliphatic heterocycles. The molecule has 2 heterocycles. The first kappa shape index (κ1) is 20.1. The van der Waals surface area contributed by atoms with Crippen LogP contribution in [0, 0.1) is 11.3 Å². The number of rotatable bonds is 8. The molecule has 1 aliphatic carbocycles. The lowest BCUT2D eigenvalue weighted by Gasteiger charge is -2.30. The van der Waals surface area contributed by atoms with Crippen molar-refractivity contribution in [2.45, 2.75) is 32.4 Å². The normalized spacial score (nSPS) is 20.8. The summed E-state index contributed by atoms with van der Waals surface area (Å²) < 4.78 is 11.2. The minimum Gasteiger partial charge on any atom is -0.398 e. The number of nitrogens with zero attached hydrogens (tertiary/aromatic N) is 4. The van der Waals surface area contributed by atoms with E-state index in [2.05, 4.69) is 51.8 Å². The average molecular weight is 409 g/mol. The van der Waals surface area contributed by atoms with Crippen LogP contribution in [-0.4, -0.2) is 47.5 Å². The van der Waals surface area contributed by atoms with Gasteiger partial charge in [-0.15, -0.1) is 0 Å². The number of benzene rings is 1. The van der Waals surface area contributed by atoms with Crippen molar-refractivity contribution < 1.29 is 4.52 Å². The number of allylic oxidation sites excluding steroid dienone is 4. The summed E-state index contributed by atoms with van der Waals surface area (Å²) in [5.41, 5.74) is 10.2. The molecule has 0 spiro atoms. The van der Waals surface area contributed by atoms with Gasteiger partial charge >= 0.3 is 0 Å². The van der Waals surface area contributed by atoms with Crippen LogP contribution in [0.25, 0.3) is 0 Å². The van der Waals surface area contributed by atoms with Crippen LogP contribution in [0.5, 0.6) is 0 Å². The minimum absolute atomic E-state index is 0.0789. The number of nitrogen functional groups attached to an aromatic ring is 1. The Hall–Kier alpha value is -2.16. The molecule has 1 atom stereocenters. The highest BCUT2D eigenvalue weighted by Gasteiger charge is 2.43. The van der Waals surface area contributed by atoms with E-state index in [0.29, 0.717) is 17.9 Å². The highest BCUT2D eigenvalue weighted by Crippen LogP contribution is 2.62. The molecular weight excluding hydrogens is 381 g/mol. The van der Waals surface area contributed by atoms with Gasteiger partial charge in [-0.1, -0.05) is 24.3 Å². The Labute approximate surface area is 173 Å². The van der Waals surface area contributed by atoms with Gasteiger partial charge in [0.2, 0.25) is 0 Å². The first-order valence-electron chi connectivity index (χ1n) is 10.1. The summed E-state index contributed by atoms with van der Waals surface area (Å²) in [7, 11) is -1.89. The van der Waals surface area contributed by atoms with E-state index in [4.69, 9.17) is 10.3 Å². The van der Waals surface area contributed by atoms with Crippen LogP contribution in [0.4, 0.5) is 5.69 Å². The number of hydrogen-bond donors (Lipinski definition) is 1. The third-order valence-corrected chi connectivity index (χ3v) is 8.70. The Kier molecular flexibility index (Phi) is 5.76. The summed E-state index contributed by atoms with van der Waals surface area (Å²) in [4.78, 5) is 4.54. The van der Waals surface area contributed by atoms with Crippen molar-refractivity contribution >= 4 is 25.1 Å². The lowest BCUT2D eigenvalue weighted by molar-refractivity contribution is 0.230. The van der Waals surface area contributed by atoms with Gasteiger partial charge < -0.3 is 10.3 Å². The van der Waals surface area contributed by atoms with E-state index in [1.54, 1.807) is 0 Å². The van der Waals surface area contributed by atoms with Gasteiger partial charge in [-0.05, 0) is 49.3 Å². The summed E-state index contributed by atoms with van der Waals surface area (Å²) in [5.74, 6) is 0. The van der Waals surface area contributed by atoms with Crippen molar-refractivity contribution in [3.05, 3.63) is 53.1 Å². The van der Waals surface area contributed by atoms with Crippen molar-refractivity contribution in [1.29, 1.82) is 5.26 Å². The predicted molar refractivity (Wildman–Crippen MR) is 121 cm³/mol. The highest BCUT2D eigenvalue weighted by molar-refractivity contribution is 7.65. The van der Waals surface area contributed by atoms with Gasteiger partial charge in [0.15, 0.2) is 0 Å². The molecule has 0 saturated carbocycles. The quantitative estimate of drug-likeness (QED) is 0.305. The predicted octanol–water partition coefficient (Wildman–Crippen LogP) is 3.91. The fourth-order valence-corrected chi connectivity index (χ4v) is 6.18. The van der Waals surface area contributed by atoms with E-state index >= 15 is 0 Å². The van der Waals surface area contributed by atoms with Crippen molar-refractivity contribution in [2.24, 2.45) is 4.99 Å². The Morgan fingerprint density at radius 1 is 1.31 bits per heavy atom. The zero-order valence-electron chi connectivity index (χ0n) is 16.9. The molecular formula is C22H28N5OP. The van der Waals surface area contributed by atoms with Gasteiger partial charge in [0.25, 0.3) is 0 Å². The Bertz CT molecular complexity index is 950. The number of hydrogen-bond acceptors (Lipinski definition) is 6. The standard InChI is InChI=1S/C22H28N5OP/c1-17(28-29(2,26-10-11-26)27-12-13-27)19-8-9-21(24)20(14-19)16-25-22(15-23)18-6-4-3-5-7-18/h4,6-9,14,17H,2-3,5,10-13,16,24H2,1H3/t17-/m1/s1. The second kappa shape index (κ2) is 8.30. The molecule has 2 fully saturated rings. The third-order valence-electron chi connectivity index (χ3n) is 5.48. The van der Waals surface area contributed by atoms with Crippen LogP contribution in [0.2, 0.25) is 0 Å². The number of aliphatic imine (C=N–C) groups is 1. The number of nitriles is 1. The van der Waals surface area contributed by atoms with E-state index in [1.165, 1.54) is 0 Å². The smallest absolute Gasteiger partial charge is 0.142 e. The molecule has 0 aromatic heterocycles. The van der Waals surface area contributed by atoms with Crippen LogP contribution in [0.1, 0.15) is 37.0 Å². The van der Waals surface area contributed by atoms with E-state index in [9.17, 15) is 5.26 Å². The van der Waals surface area contributed by atoms with Gasteiger partial charge in [0.05, 0.1) is 12.6 Å². The minimum atomic E-state index is -1.89. The molecule has 152 valence electrons. The second-order valence-electron chi connectivity index (χ2n) is 7.69. The monoisotopic (exact) mass is 409 g/mol. The SMILES string of the molecule is C=P(O[C@H](C)c1ccc(N)c(CN=C(C#N)C2=CCCC=C2)c1)(N1CC1)N1CC1. The van der Waals surface area contributed by atoms with Gasteiger partial charge in [0.1, 0.15) is 19.2 Å². The Morgan fingerprint density at radius 2 is 2.03 bits per heavy atom. The molecule has 7 heteroatoms. The lowest BCUT2D eigenvalue weighted by atomic mass is 10.0. The first-order valence-corrected chi connectivity index (χ1v) is 11.9. The lowest BCUT2D eigenvalue weighted by Crippen LogP contribution is -2.11. The largest absolute Gasteiger partial charge is 0.398 e. The summed E-state index contributed by atoms with van der Waals surface area (Å²) in [6.07, 6.45) is 12.5. The third kappa shape index (κ3) is 4.55. The Balaban J connectivity index is 1.50. The zero-order chi connectivity index (χ0) is 20.4. The van der Waals surface area contributed by atoms with Crippen molar-refractivity contribution in [2.75, 3.05) is 31.9 Å². The maximum atomic E-state index is 9.49. The molecule has 2 N–H and O–H groups in total. The van der Waals surface area contributed by atoms with Gasteiger partial charge in [-0.2, -0.15) is 5.26 Å². The molecule has 2 saturated heterocycles. The van der Waals surface area contributed by atoms with Crippen LogP contribution in [-0.2, 0) is 11.1 Å². The molecule has 4 rings (SSSR count). The van der Waals surface area contributed by atoms with Crippen molar-refractivity contribution in [3.63, 3.8) is 0 Å². The summed E-state index contributed by atoms with van der Waals surface area (Å²) in [6, 6.07) is 8.19. The summed E-state index contributed by atoms with van der Waals surface area (Å²) >= 11 is 0. The molecule has 1 aromatic carbocycles. The molecule has 29 heavy (non-hydrogen) atoms. The molecule has 0 unspecified atom stereocenters. The number of anilines is 1. The van der Waals surface area contributed by atoms with Crippen LogP contribution < -0.4 is 5.73 Å². The van der Waals surface area contributed by atoms with E-state index in [0.717, 1.165) is 55.7 Å². The molecule has 0 bridgehead atoms. The molecule has 3 aliphatic rings. The maximum Gasteiger partial charge on any atom is 0.142 e. The summed E-state index contributed by atoms with van der Waals surface area (Å²) in [5, 5.41) is 9.49. The number of nitrogens with two attached hydrogens (primary N) is 1. The average Bonchev–Trinajstić information content (AvgIpc) is 3.62. The molecule has 1 aromatic rings. The maximum absolute atomic E-state index is 9.49. The van der Waals surface area contributed by atoms with Gasteiger partial charge in [-0.25, -0.2) is 9.34 Å². The van der Waals surface area contributed by atoms with Crippen molar-refractivity contribution in [3.8, 4) is 6.07 Å². The molecule has 6 nitrogen and oxygen atoms in total. The fraction of sp³-hybridized carbons (Fsp3) is 0.409. The molecule has 0 radical (unpaired) electrons. The van der Waals surface area contributed by atoms with Crippen molar-refractivity contribution in [1.82, 2.24) is 9.34 Å². The van der Waals surface area contributed by atoms with E-state index in [1.807, 2.05) is 18.2 Å². The van der Waals surface area contributed by atoms with Gasteiger partial charge in [0, 0.05) is 37.4 Å².